The molecule has 0 spiro atoms. The van der Waals surface area contributed by atoms with Gasteiger partial charge in [0.15, 0.2) is 0 Å². The number of anilines is 1. The molecular weight excluding hydrogens is 306 g/mol. The zero-order chi connectivity index (χ0) is 17.3. The largest absolute Gasteiger partial charge is 0.366 e. The molecule has 0 aliphatic rings. The van der Waals surface area contributed by atoms with Crippen molar-refractivity contribution in [3.05, 3.63) is 59.4 Å². The predicted molar refractivity (Wildman–Crippen MR) is 91.6 cm³/mol. The molecule has 6 N–H and O–H groups in total. The third-order valence-corrected chi connectivity index (χ3v) is 3.78. The zero-order valence-electron chi connectivity index (χ0n) is 13.0. The third kappa shape index (κ3) is 2.84. The molecule has 0 saturated carbocycles. The van der Waals surface area contributed by atoms with E-state index in [2.05, 4.69) is 15.3 Å². The Bertz CT molecular complexity index is 930. The summed E-state index contributed by atoms with van der Waals surface area (Å²) in [5.74, 6) is -0.962. The van der Waals surface area contributed by atoms with Gasteiger partial charge in [-0.05, 0) is 36.8 Å². The molecule has 0 aliphatic carbocycles. The smallest absolute Gasteiger partial charge is 0.255 e. The van der Waals surface area contributed by atoms with Crippen LogP contribution in [0.2, 0.25) is 0 Å². The Morgan fingerprint density at radius 3 is 2.75 bits per heavy atom. The van der Waals surface area contributed by atoms with Gasteiger partial charge >= 0.3 is 0 Å². The first-order valence-electron chi connectivity index (χ1n) is 7.40. The summed E-state index contributed by atoms with van der Waals surface area (Å²) in [5.41, 5.74) is 13.7. The maximum absolute atomic E-state index is 12.5. The van der Waals surface area contributed by atoms with E-state index in [4.69, 9.17) is 11.5 Å². The van der Waals surface area contributed by atoms with Crippen LogP contribution in [0.4, 0.5) is 5.69 Å². The van der Waals surface area contributed by atoms with Crippen molar-refractivity contribution >= 4 is 28.5 Å². The molecule has 1 atom stereocenters. The van der Waals surface area contributed by atoms with Gasteiger partial charge in [0.25, 0.3) is 5.91 Å². The van der Waals surface area contributed by atoms with E-state index in [1.165, 1.54) is 6.07 Å². The van der Waals surface area contributed by atoms with Gasteiger partial charge < -0.3 is 21.8 Å². The van der Waals surface area contributed by atoms with Crippen LogP contribution in [-0.2, 0) is 0 Å². The van der Waals surface area contributed by atoms with Gasteiger partial charge in [-0.2, -0.15) is 0 Å². The number of carbonyl (C=O) groups is 2. The monoisotopic (exact) mass is 323 g/mol. The number of aromatic nitrogens is 2. The van der Waals surface area contributed by atoms with Crippen LogP contribution in [0.3, 0.4) is 0 Å². The molecule has 7 heteroatoms. The lowest BCUT2D eigenvalue weighted by Gasteiger charge is -2.12. The number of hydrogen-bond acceptors (Lipinski definition) is 4. The lowest BCUT2D eigenvalue weighted by molar-refractivity contribution is 0.0999. The highest BCUT2D eigenvalue weighted by Crippen LogP contribution is 2.22. The Hall–Kier alpha value is -3.19. The van der Waals surface area contributed by atoms with E-state index in [-0.39, 0.29) is 17.5 Å². The van der Waals surface area contributed by atoms with E-state index < -0.39 is 5.91 Å². The molecule has 0 radical (unpaired) electrons. The number of carbonyl (C=O) groups excluding carboxylic acids is 2. The summed E-state index contributed by atoms with van der Waals surface area (Å²) >= 11 is 0. The molecule has 0 bridgehead atoms. The quantitative estimate of drug-likeness (QED) is 0.585. The Morgan fingerprint density at radius 1 is 1.25 bits per heavy atom. The van der Waals surface area contributed by atoms with E-state index in [9.17, 15) is 9.59 Å². The summed E-state index contributed by atoms with van der Waals surface area (Å²) in [7, 11) is 0. The molecule has 0 saturated heterocycles. The average molecular weight is 323 g/mol. The molecule has 2 aromatic heterocycles. The summed E-state index contributed by atoms with van der Waals surface area (Å²) in [6.07, 6.45) is 3.35. The minimum atomic E-state index is -0.617. The number of nitrogens with one attached hydrogen (secondary N) is 2. The highest BCUT2D eigenvalue weighted by Gasteiger charge is 2.16. The molecule has 7 nitrogen and oxygen atoms in total. The fraction of sp³-hybridized carbons (Fsp3) is 0.118. The number of pyridine rings is 1. The van der Waals surface area contributed by atoms with E-state index in [0.717, 1.165) is 5.39 Å². The number of fused-ring (bicyclic) bond motifs is 1. The van der Waals surface area contributed by atoms with Gasteiger partial charge in [0.05, 0.1) is 5.69 Å². The molecule has 0 aliphatic heterocycles. The topological polar surface area (TPSA) is 127 Å². The molecule has 3 aromatic rings. The second kappa shape index (κ2) is 6.13. The summed E-state index contributed by atoms with van der Waals surface area (Å²) in [5, 5.41) is 3.62. The van der Waals surface area contributed by atoms with Crippen LogP contribution < -0.4 is 16.8 Å². The second-order valence-corrected chi connectivity index (χ2v) is 5.51. The zero-order valence-corrected chi connectivity index (χ0v) is 13.0. The molecule has 1 unspecified atom stereocenters. The number of aromatic amines is 1. The van der Waals surface area contributed by atoms with Gasteiger partial charge in [-0.15, -0.1) is 0 Å². The van der Waals surface area contributed by atoms with E-state index >= 15 is 0 Å². The van der Waals surface area contributed by atoms with Crippen molar-refractivity contribution in [3.8, 4) is 0 Å². The Labute approximate surface area is 138 Å². The molecular formula is C17H17N5O2. The van der Waals surface area contributed by atoms with E-state index in [0.29, 0.717) is 22.5 Å². The van der Waals surface area contributed by atoms with Crippen LogP contribution in [0.15, 0.2) is 42.7 Å². The normalized spacial score (nSPS) is 12.1. The van der Waals surface area contributed by atoms with Gasteiger partial charge in [0.1, 0.15) is 5.65 Å². The van der Waals surface area contributed by atoms with Crippen molar-refractivity contribution < 1.29 is 9.59 Å². The first-order chi connectivity index (χ1) is 11.5. The van der Waals surface area contributed by atoms with Gasteiger partial charge in [0.2, 0.25) is 5.91 Å². The van der Waals surface area contributed by atoms with Crippen molar-refractivity contribution in [2.45, 2.75) is 13.0 Å². The number of amides is 2. The fourth-order valence-corrected chi connectivity index (χ4v) is 2.57. The molecule has 3 rings (SSSR count). The van der Waals surface area contributed by atoms with Crippen molar-refractivity contribution in [1.29, 1.82) is 0 Å². The summed E-state index contributed by atoms with van der Waals surface area (Å²) < 4.78 is 0. The number of primary amides is 1. The van der Waals surface area contributed by atoms with Crippen molar-refractivity contribution in [2.24, 2.45) is 11.5 Å². The summed E-state index contributed by atoms with van der Waals surface area (Å²) in [6.45, 7) is 1.75. The highest BCUT2D eigenvalue weighted by molar-refractivity contribution is 6.09. The molecule has 2 amide bonds. The molecule has 0 fully saturated rings. The van der Waals surface area contributed by atoms with Crippen LogP contribution in [0.1, 0.15) is 39.2 Å². The van der Waals surface area contributed by atoms with Crippen molar-refractivity contribution in [2.75, 3.05) is 5.32 Å². The van der Waals surface area contributed by atoms with Crippen LogP contribution in [0, 0.1) is 0 Å². The summed E-state index contributed by atoms with van der Waals surface area (Å²) in [6, 6.07) is 7.91. The van der Waals surface area contributed by atoms with Crippen molar-refractivity contribution in [1.82, 2.24) is 9.97 Å². The predicted octanol–water partition coefficient (Wildman–Crippen LogP) is 1.93. The second-order valence-electron chi connectivity index (χ2n) is 5.51. The number of rotatable bonds is 4. The maximum atomic E-state index is 12.5. The van der Waals surface area contributed by atoms with E-state index in [1.807, 2.05) is 6.07 Å². The average Bonchev–Trinajstić information content (AvgIpc) is 3.03. The minimum absolute atomic E-state index is 0.249. The molecule has 24 heavy (non-hydrogen) atoms. The number of nitrogens with two attached hydrogens (primary N) is 2. The van der Waals surface area contributed by atoms with Gasteiger partial charge in [-0.25, -0.2) is 4.98 Å². The van der Waals surface area contributed by atoms with E-state index in [1.54, 1.807) is 37.5 Å². The first kappa shape index (κ1) is 15.7. The van der Waals surface area contributed by atoms with Crippen LogP contribution in [-0.4, -0.2) is 21.8 Å². The molecule has 122 valence electrons. The molecule has 1 aromatic carbocycles. The van der Waals surface area contributed by atoms with Gasteiger partial charge in [-0.1, -0.05) is 6.07 Å². The number of nitrogens with zero attached hydrogens (tertiary/aromatic N) is 1. The highest BCUT2D eigenvalue weighted by atomic mass is 16.2. The van der Waals surface area contributed by atoms with Crippen LogP contribution in [0.25, 0.3) is 11.0 Å². The lowest BCUT2D eigenvalue weighted by atomic mass is 9.98. The fourth-order valence-electron chi connectivity index (χ4n) is 2.57. The van der Waals surface area contributed by atoms with Crippen molar-refractivity contribution in [3.63, 3.8) is 0 Å². The minimum Gasteiger partial charge on any atom is -0.366 e. The van der Waals surface area contributed by atoms with Gasteiger partial charge in [0, 0.05) is 34.9 Å². The van der Waals surface area contributed by atoms with Gasteiger partial charge in [-0.3, -0.25) is 9.59 Å². The SMILES string of the molecule is CC(N)c1ccc(C(=O)Nc2ccnc3[nH]ccc23)cc1C(N)=O. The standard InChI is InChI=1S/C17H17N5O2/c1-9(18)11-3-2-10(8-13(11)15(19)23)17(24)22-14-5-7-21-16-12(14)4-6-20-16/h2-9H,18H2,1H3,(H2,19,23)(H2,20,21,22,24). The lowest BCUT2D eigenvalue weighted by Crippen LogP contribution is -2.20. The van der Waals surface area contributed by atoms with Crippen LogP contribution >= 0.6 is 0 Å². The number of benzene rings is 1. The number of H-pyrrole nitrogens is 1. The van der Waals surface area contributed by atoms with Crippen LogP contribution in [0.5, 0.6) is 0 Å². The molecule has 2 heterocycles. The third-order valence-electron chi connectivity index (χ3n) is 3.78. The Kier molecular flexibility index (Phi) is 4.01. The Balaban J connectivity index is 1.94. The summed E-state index contributed by atoms with van der Waals surface area (Å²) in [4.78, 5) is 31.3. The first-order valence-corrected chi connectivity index (χ1v) is 7.40. The maximum Gasteiger partial charge on any atom is 0.255 e. The number of hydrogen-bond donors (Lipinski definition) is 4. The Morgan fingerprint density at radius 2 is 2.04 bits per heavy atom.